The molecule has 0 saturated heterocycles. The first-order chi connectivity index (χ1) is 7.65. The van der Waals surface area contributed by atoms with Gasteiger partial charge in [-0.3, -0.25) is 0 Å². The van der Waals surface area contributed by atoms with E-state index < -0.39 is 0 Å². The molecule has 90 valence electrons. The minimum absolute atomic E-state index is 0.331. The zero-order valence-corrected chi connectivity index (χ0v) is 10.5. The summed E-state index contributed by atoms with van der Waals surface area (Å²) in [5.74, 6) is 2.75. The number of aromatic amines is 1. The van der Waals surface area contributed by atoms with Crippen LogP contribution in [0, 0.1) is 11.8 Å². The van der Waals surface area contributed by atoms with Gasteiger partial charge in [0.1, 0.15) is 5.82 Å². The molecule has 0 aromatic carbocycles. The number of H-pyrrole nitrogens is 1. The van der Waals surface area contributed by atoms with Gasteiger partial charge in [0.15, 0.2) is 0 Å². The van der Waals surface area contributed by atoms with Gasteiger partial charge in [-0.1, -0.05) is 13.8 Å². The molecule has 16 heavy (non-hydrogen) atoms. The smallest absolute Gasteiger partial charge is 0.122 e. The normalized spacial score (nSPS) is 32.6. The van der Waals surface area contributed by atoms with Gasteiger partial charge in [0.2, 0.25) is 0 Å². The van der Waals surface area contributed by atoms with Gasteiger partial charge in [-0.15, -0.1) is 0 Å². The molecule has 1 fully saturated rings. The molecule has 0 amide bonds. The summed E-state index contributed by atoms with van der Waals surface area (Å²) < 4.78 is 0. The minimum atomic E-state index is 0.331. The van der Waals surface area contributed by atoms with Crippen molar-refractivity contribution in [1.29, 1.82) is 0 Å². The van der Waals surface area contributed by atoms with Crippen LogP contribution in [0.3, 0.4) is 0 Å². The maximum atomic E-state index is 4.30. The number of aromatic nitrogens is 2. The molecule has 2 N–H and O–H groups in total. The molecule has 1 saturated carbocycles. The zero-order valence-electron chi connectivity index (χ0n) is 10.5. The summed E-state index contributed by atoms with van der Waals surface area (Å²) in [7, 11) is 0. The number of imidazole rings is 1. The fourth-order valence-corrected chi connectivity index (χ4v) is 3.03. The zero-order chi connectivity index (χ0) is 11.5. The van der Waals surface area contributed by atoms with Gasteiger partial charge in [0.05, 0.1) is 6.04 Å². The Balaban J connectivity index is 1.89. The number of rotatable bonds is 3. The maximum Gasteiger partial charge on any atom is 0.122 e. The molecule has 2 rings (SSSR count). The molecule has 0 radical (unpaired) electrons. The fourth-order valence-electron chi connectivity index (χ4n) is 3.03. The van der Waals surface area contributed by atoms with Crippen molar-refractivity contribution < 1.29 is 0 Å². The molecule has 0 spiro atoms. The molecule has 0 aliphatic heterocycles. The lowest BCUT2D eigenvalue weighted by atomic mass is 9.80. The summed E-state index contributed by atoms with van der Waals surface area (Å²) in [5.41, 5.74) is 0. The highest BCUT2D eigenvalue weighted by Crippen LogP contribution is 2.29. The van der Waals surface area contributed by atoms with E-state index in [1.54, 1.807) is 0 Å². The van der Waals surface area contributed by atoms with E-state index in [0.717, 1.165) is 17.7 Å². The predicted molar refractivity (Wildman–Crippen MR) is 66.1 cm³/mol. The summed E-state index contributed by atoms with van der Waals surface area (Å²) in [6.45, 7) is 6.91. The van der Waals surface area contributed by atoms with Gasteiger partial charge in [-0.25, -0.2) is 4.98 Å². The van der Waals surface area contributed by atoms with Crippen molar-refractivity contribution in [3.05, 3.63) is 18.2 Å². The standard InChI is InChI=1S/C13H23N3/c1-9-6-10(2)8-12(7-9)16-11(3)13-14-4-5-15-13/h4-5,9-12,16H,6-8H2,1-3H3,(H,14,15). The number of nitrogens with one attached hydrogen (secondary N) is 2. The van der Waals surface area contributed by atoms with Crippen LogP contribution in [-0.4, -0.2) is 16.0 Å². The van der Waals surface area contributed by atoms with Crippen LogP contribution in [0.5, 0.6) is 0 Å². The lowest BCUT2D eigenvalue weighted by Crippen LogP contribution is -2.38. The highest BCUT2D eigenvalue weighted by Gasteiger charge is 2.25. The molecule has 0 bridgehead atoms. The third-order valence-electron chi connectivity index (χ3n) is 3.59. The molecule has 1 aliphatic rings. The molecule has 1 heterocycles. The first kappa shape index (κ1) is 11.6. The predicted octanol–water partition coefficient (Wildman–Crippen LogP) is 2.89. The molecule has 1 aromatic heterocycles. The van der Waals surface area contributed by atoms with Crippen LogP contribution in [0.4, 0.5) is 0 Å². The van der Waals surface area contributed by atoms with E-state index in [0.29, 0.717) is 12.1 Å². The third kappa shape index (κ3) is 2.85. The van der Waals surface area contributed by atoms with Crippen LogP contribution < -0.4 is 5.32 Å². The van der Waals surface area contributed by atoms with E-state index >= 15 is 0 Å². The second kappa shape index (κ2) is 5.00. The van der Waals surface area contributed by atoms with Crippen molar-refractivity contribution in [2.24, 2.45) is 11.8 Å². The summed E-state index contributed by atoms with van der Waals surface area (Å²) in [5, 5.41) is 3.69. The Morgan fingerprint density at radius 3 is 2.56 bits per heavy atom. The second-order valence-corrected chi connectivity index (χ2v) is 5.48. The van der Waals surface area contributed by atoms with E-state index in [1.165, 1.54) is 19.3 Å². The van der Waals surface area contributed by atoms with Crippen LogP contribution in [0.25, 0.3) is 0 Å². The summed E-state index contributed by atoms with van der Waals surface area (Å²) >= 11 is 0. The lowest BCUT2D eigenvalue weighted by Gasteiger charge is -2.33. The Hall–Kier alpha value is -0.830. The highest BCUT2D eigenvalue weighted by molar-refractivity contribution is 4.95. The van der Waals surface area contributed by atoms with Crippen LogP contribution in [0.2, 0.25) is 0 Å². The van der Waals surface area contributed by atoms with E-state index in [2.05, 4.69) is 36.1 Å². The topological polar surface area (TPSA) is 40.7 Å². The maximum absolute atomic E-state index is 4.30. The van der Waals surface area contributed by atoms with Crippen molar-refractivity contribution in [3.8, 4) is 0 Å². The molecular weight excluding hydrogens is 198 g/mol. The van der Waals surface area contributed by atoms with Crippen molar-refractivity contribution in [1.82, 2.24) is 15.3 Å². The fraction of sp³-hybridized carbons (Fsp3) is 0.769. The van der Waals surface area contributed by atoms with Crippen molar-refractivity contribution >= 4 is 0 Å². The largest absolute Gasteiger partial charge is 0.347 e. The number of hydrogen-bond acceptors (Lipinski definition) is 2. The summed E-state index contributed by atoms with van der Waals surface area (Å²) in [6, 6.07) is 0.983. The second-order valence-electron chi connectivity index (χ2n) is 5.48. The van der Waals surface area contributed by atoms with E-state index in [9.17, 15) is 0 Å². The summed E-state index contributed by atoms with van der Waals surface area (Å²) in [6.07, 6.45) is 7.69. The Bertz CT molecular complexity index is 297. The average Bonchev–Trinajstić information content (AvgIpc) is 2.68. The molecule has 1 aromatic rings. The Morgan fingerprint density at radius 2 is 2.00 bits per heavy atom. The molecule has 3 atom stereocenters. The Morgan fingerprint density at radius 1 is 1.31 bits per heavy atom. The number of hydrogen-bond donors (Lipinski definition) is 2. The Labute approximate surface area is 98.1 Å². The van der Waals surface area contributed by atoms with Gasteiger partial charge in [-0.05, 0) is 38.0 Å². The van der Waals surface area contributed by atoms with Crippen molar-refractivity contribution in [2.45, 2.75) is 52.1 Å². The van der Waals surface area contributed by atoms with E-state index in [4.69, 9.17) is 0 Å². The average molecular weight is 221 g/mol. The van der Waals surface area contributed by atoms with E-state index in [-0.39, 0.29) is 0 Å². The number of nitrogens with zero attached hydrogens (tertiary/aromatic N) is 1. The SMILES string of the molecule is CC1CC(C)CC(NC(C)c2ncc[nH]2)C1. The van der Waals surface area contributed by atoms with Gasteiger partial charge < -0.3 is 10.3 Å². The summed E-state index contributed by atoms with van der Waals surface area (Å²) in [4.78, 5) is 7.48. The first-order valence-electron chi connectivity index (χ1n) is 6.40. The van der Waals surface area contributed by atoms with Crippen LogP contribution in [0.1, 0.15) is 51.9 Å². The molecule has 3 nitrogen and oxygen atoms in total. The molecule has 3 heteroatoms. The van der Waals surface area contributed by atoms with E-state index in [1.807, 2.05) is 12.4 Å². The third-order valence-corrected chi connectivity index (χ3v) is 3.59. The van der Waals surface area contributed by atoms with Crippen molar-refractivity contribution in [3.63, 3.8) is 0 Å². The van der Waals surface area contributed by atoms with Gasteiger partial charge in [-0.2, -0.15) is 0 Å². The molecule has 3 unspecified atom stereocenters. The van der Waals surface area contributed by atoms with Crippen molar-refractivity contribution in [2.75, 3.05) is 0 Å². The monoisotopic (exact) mass is 221 g/mol. The Kier molecular flexibility index (Phi) is 3.64. The lowest BCUT2D eigenvalue weighted by molar-refractivity contribution is 0.227. The quantitative estimate of drug-likeness (QED) is 0.824. The first-order valence-corrected chi connectivity index (χ1v) is 6.40. The van der Waals surface area contributed by atoms with Gasteiger partial charge >= 0.3 is 0 Å². The van der Waals surface area contributed by atoms with Crippen LogP contribution in [0.15, 0.2) is 12.4 Å². The van der Waals surface area contributed by atoms with Gasteiger partial charge in [0, 0.05) is 18.4 Å². The van der Waals surface area contributed by atoms with Gasteiger partial charge in [0.25, 0.3) is 0 Å². The molecule has 1 aliphatic carbocycles. The minimum Gasteiger partial charge on any atom is -0.347 e. The van der Waals surface area contributed by atoms with Crippen LogP contribution in [-0.2, 0) is 0 Å². The van der Waals surface area contributed by atoms with Crippen LogP contribution >= 0.6 is 0 Å². The molecular formula is C13H23N3. The highest BCUT2D eigenvalue weighted by atomic mass is 15.0.